The molecule has 3 nitrogen and oxygen atoms in total. The highest BCUT2D eigenvalue weighted by Gasteiger charge is 2.12. The highest BCUT2D eigenvalue weighted by atomic mass is 16.5. The average Bonchev–Trinajstić information content (AvgIpc) is 2.78. The number of ether oxygens (including phenoxy) is 1. The van der Waals surface area contributed by atoms with Crippen LogP contribution in [0.5, 0.6) is 0 Å². The van der Waals surface area contributed by atoms with Gasteiger partial charge >= 0.3 is 0 Å². The lowest BCUT2D eigenvalue weighted by Gasteiger charge is -2.29. The predicted octanol–water partition coefficient (Wildman–Crippen LogP) is 1.78. The lowest BCUT2D eigenvalue weighted by atomic mass is 10.3. The summed E-state index contributed by atoms with van der Waals surface area (Å²) in [6.07, 6.45) is 2.11. The molecule has 1 fully saturated rings. The van der Waals surface area contributed by atoms with Crippen LogP contribution < -0.4 is 4.90 Å². The first-order valence-corrected chi connectivity index (χ1v) is 5.34. The van der Waals surface area contributed by atoms with E-state index >= 15 is 0 Å². The van der Waals surface area contributed by atoms with Gasteiger partial charge in [-0.05, 0) is 24.3 Å². The van der Waals surface area contributed by atoms with Crippen LogP contribution in [0.2, 0.25) is 0 Å². The molecular formula is C12H14N2O. The van der Waals surface area contributed by atoms with E-state index in [0.717, 1.165) is 26.3 Å². The molecule has 0 aromatic carbocycles. The molecule has 1 aliphatic rings. The SMILES string of the molecule is c1cc(N2CCOCC2)n2cccc2c1. The highest BCUT2D eigenvalue weighted by molar-refractivity contribution is 5.56. The molecule has 0 saturated carbocycles. The van der Waals surface area contributed by atoms with Crippen molar-refractivity contribution in [3.05, 3.63) is 36.5 Å². The van der Waals surface area contributed by atoms with E-state index < -0.39 is 0 Å². The predicted molar refractivity (Wildman–Crippen MR) is 60.4 cm³/mol. The highest BCUT2D eigenvalue weighted by Crippen LogP contribution is 2.18. The Morgan fingerprint density at radius 3 is 2.67 bits per heavy atom. The van der Waals surface area contributed by atoms with Crippen LogP contribution in [-0.4, -0.2) is 30.7 Å². The van der Waals surface area contributed by atoms with Crippen LogP contribution in [0, 0.1) is 0 Å². The van der Waals surface area contributed by atoms with Gasteiger partial charge in [0.1, 0.15) is 5.82 Å². The zero-order valence-corrected chi connectivity index (χ0v) is 8.60. The first-order chi connectivity index (χ1) is 7.45. The van der Waals surface area contributed by atoms with Crippen LogP contribution in [0.1, 0.15) is 0 Å². The van der Waals surface area contributed by atoms with E-state index in [1.54, 1.807) is 0 Å². The van der Waals surface area contributed by atoms with Gasteiger partial charge in [0, 0.05) is 24.8 Å². The number of morpholine rings is 1. The molecule has 3 heterocycles. The second-order valence-corrected chi connectivity index (χ2v) is 3.79. The van der Waals surface area contributed by atoms with Crippen LogP contribution in [0.3, 0.4) is 0 Å². The van der Waals surface area contributed by atoms with Gasteiger partial charge in [0.05, 0.1) is 13.2 Å². The maximum atomic E-state index is 5.36. The molecule has 0 atom stereocenters. The Morgan fingerprint density at radius 1 is 1.00 bits per heavy atom. The topological polar surface area (TPSA) is 16.9 Å². The monoisotopic (exact) mass is 202 g/mol. The van der Waals surface area contributed by atoms with Gasteiger partial charge in [0.2, 0.25) is 0 Å². The van der Waals surface area contributed by atoms with Crippen LogP contribution in [-0.2, 0) is 4.74 Å². The summed E-state index contributed by atoms with van der Waals surface area (Å²) in [5.74, 6) is 1.26. The molecule has 3 heteroatoms. The number of aromatic nitrogens is 1. The van der Waals surface area contributed by atoms with Gasteiger partial charge in [-0.2, -0.15) is 0 Å². The van der Waals surface area contributed by atoms with E-state index in [9.17, 15) is 0 Å². The molecule has 78 valence electrons. The van der Waals surface area contributed by atoms with Gasteiger partial charge < -0.3 is 14.0 Å². The van der Waals surface area contributed by atoms with Crippen molar-refractivity contribution >= 4 is 11.3 Å². The van der Waals surface area contributed by atoms with Crippen molar-refractivity contribution in [1.82, 2.24) is 4.40 Å². The minimum Gasteiger partial charge on any atom is -0.378 e. The fourth-order valence-electron chi connectivity index (χ4n) is 2.10. The molecule has 2 aromatic rings. The Hall–Kier alpha value is -1.48. The molecule has 2 aromatic heterocycles. The van der Waals surface area contributed by atoms with E-state index in [2.05, 4.69) is 45.8 Å². The minimum atomic E-state index is 0.831. The Bertz CT molecular complexity index is 457. The van der Waals surface area contributed by atoms with Crippen molar-refractivity contribution in [3.63, 3.8) is 0 Å². The second-order valence-electron chi connectivity index (χ2n) is 3.79. The lowest BCUT2D eigenvalue weighted by molar-refractivity contribution is 0.122. The molecule has 0 radical (unpaired) electrons. The third kappa shape index (κ3) is 1.49. The average molecular weight is 202 g/mol. The molecule has 0 bridgehead atoms. The maximum absolute atomic E-state index is 5.36. The largest absolute Gasteiger partial charge is 0.378 e. The molecule has 3 rings (SSSR count). The summed E-state index contributed by atoms with van der Waals surface area (Å²) < 4.78 is 7.59. The second kappa shape index (κ2) is 3.59. The van der Waals surface area contributed by atoms with Crippen LogP contribution >= 0.6 is 0 Å². The van der Waals surface area contributed by atoms with E-state index in [0.29, 0.717) is 0 Å². The van der Waals surface area contributed by atoms with Gasteiger partial charge in [0.25, 0.3) is 0 Å². The van der Waals surface area contributed by atoms with Gasteiger partial charge in [-0.25, -0.2) is 0 Å². The van der Waals surface area contributed by atoms with Gasteiger partial charge in [-0.15, -0.1) is 0 Å². The Kier molecular flexibility index (Phi) is 2.10. The van der Waals surface area contributed by atoms with Crippen LogP contribution in [0.4, 0.5) is 5.82 Å². The van der Waals surface area contributed by atoms with Gasteiger partial charge in [-0.3, -0.25) is 0 Å². The Labute approximate surface area is 88.9 Å². The molecule has 0 unspecified atom stereocenters. The van der Waals surface area contributed by atoms with Crippen molar-refractivity contribution in [3.8, 4) is 0 Å². The number of hydrogen-bond donors (Lipinski definition) is 0. The van der Waals surface area contributed by atoms with Crippen molar-refractivity contribution in [2.45, 2.75) is 0 Å². The van der Waals surface area contributed by atoms with Crippen LogP contribution in [0.15, 0.2) is 36.5 Å². The first-order valence-electron chi connectivity index (χ1n) is 5.34. The summed E-state index contributed by atoms with van der Waals surface area (Å²) >= 11 is 0. The summed E-state index contributed by atoms with van der Waals surface area (Å²) in [4.78, 5) is 2.37. The number of rotatable bonds is 1. The zero-order valence-electron chi connectivity index (χ0n) is 8.60. The quantitative estimate of drug-likeness (QED) is 0.701. The number of nitrogens with zero attached hydrogens (tertiary/aromatic N) is 2. The van der Waals surface area contributed by atoms with Crippen molar-refractivity contribution < 1.29 is 4.74 Å². The Morgan fingerprint density at radius 2 is 1.80 bits per heavy atom. The van der Waals surface area contributed by atoms with E-state index in [4.69, 9.17) is 4.74 Å². The number of fused-ring (bicyclic) bond motifs is 1. The molecule has 0 amide bonds. The third-order valence-electron chi connectivity index (χ3n) is 2.87. The standard InChI is InChI=1S/C12H14N2O/c1-3-11-4-2-6-14(11)12(5-1)13-7-9-15-10-8-13/h1-6H,7-10H2. The van der Waals surface area contributed by atoms with Crippen LogP contribution in [0.25, 0.3) is 5.52 Å². The molecule has 0 N–H and O–H groups in total. The first kappa shape index (κ1) is 8.80. The van der Waals surface area contributed by atoms with Crippen molar-refractivity contribution in [2.24, 2.45) is 0 Å². The smallest absolute Gasteiger partial charge is 0.113 e. The summed E-state index contributed by atoms with van der Waals surface area (Å²) in [6.45, 7) is 3.63. The molecule has 15 heavy (non-hydrogen) atoms. The molecule has 1 aliphatic heterocycles. The number of hydrogen-bond acceptors (Lipinski definition) is 2. The van der Waals surface area contributed by atoms with Crippen molar-refractivity contribution in [2.75, 3.05) is 31.2 Å². The molecule has 0 spiro atoms. The van der Waals surface area contributed by atoms with E-state index in [-0.39, 0.29) is 0 Å². The summed E-state index contributed by atoms with van der Waals surface area (Å²) in [5, 5.41) is 0. The number of anilines is 1. The Balaban J connectivity index is 2.05. The molecule has 0 aliphatic carbocycles. The fraction of sp³-hybridized carbons (Fsp3) is 0.333. The fourth-order valence-corrected chi connectivity index (χ4v) is 2.10. The van der Waals surface area contributed by atoms with Gasteiger partial charge in [-0.1, -0.05) is 6.07 Å². The van der Waals surface area contributed by atoms with Crippen molar-refractivity contribution in [1.29, 1.82) is 0 Å². The third-order valence-corrected chi connectivity index (χ3v) is 2.87. The van der Waals surface area contributed by atoms with Gasteiger partial charge in [0.15, 0.2) is 0 Å². The minimum absolute atomic E-state index is 0.831. The normalized spacial score (nSPS) is 17.2. The maximum Gasteiger partial charge on any atom is 0.113 e. The summed E-state index contributed by atoms with van der Waals surface area (Å²) in [5.41, 5.74) is 1.25. The zero-order chi connectivity index (χ0) is 10.1. The molecule has 1 saturated heterocycles. The van der Waals surface area contributed by atoms with E-state index in [1.807, 2.05) is 0 Å². The van der Waals surface area contributed by atoms with E-state index in [1.165, 1.54) is 11.3 Å². The lowest BCUT2D eigenvalue weighted by Crippen LogP contribution is -2.37. The molecular weight excluding hydrogens is 188 g/mol. The summed E-state index contributed by atoms with van der Waals surface area (Å²) in [7, 11) is 0. The summed E-state index contributed by atoms with van der Waals surface area (Å²) in [6, 6.07) is 10.6. The number of pyridine rings is 1.